The Balaban J connectivity index is 2.28. The number of rotatable bonds is 4. The van der Waals surface area contributed by atoms with E-state index in [1.807, 2.05) is 31.2 Å². The number of halogens is 2. The Bertz CT molecular complexity index is 548. The van der Waals surface area contributed by atoms with Crippen LogP contribution in [0.4, 0.5) is 0 Å². The van der Waals surface area contributed by atoms with Gasteiger partial charge in [0.15, 0.2) is 11.5 Å². The SMILES string of the molecule is CCOc1ccccc1Oc1ncc(Br)cc1Cl. The second-order valence-electron chi connectivity index (χ2n) is 3.42. The van der Waals surface area contributed by atoms with E-state index in [2.05, 4.69) is 20.9 Å². The summed E-state index contributed by atoms with van der Waals surface area (Å²) < 4.78 is 11.9. The molecule has 0 spiro atoms. The molecule has 0 amide bonds. The van der Waals surface area contributed by atoms with Crippen LogP contribution in [0.25, 0.3) is 0 Å². The van der Waals surface area contributed by atoms with E-state index in [9.17, 15) is 0 Å². The van der Waals surface area contributed by atoms with Crippen LogP contribution in [0, 0.1) is 0 Å². The molecule has 0 aliphatic heterocycles. The third kappa shape index (κ3) is 3.15. The molecule has 2 aromatic rings. The molecule has 0 saturated carbocycles. The van der Waals surface area contributed by atoms with Crippen LogP contribution in [0.5, 0.6) is 17.4 Å². The Labute approximate surface area is 119 Å². The molecule has 0 bridgehead atoms. The van der Waals surface area contributed by atoms with Gasteiger partial charge in [0, 0.05) is 10.7 Å². The van der Waals surface area contributed by atoms with Crippen molar-refractivity contribution in [1.82, 2.24) is 4.98 Å². The van der Waals surface area contributed by atoms with E-state index in [1.165, 1.54) is 0 Å². The molecule has 1 aromatic heterocycles. The van der Waals surface area contributed by atoms with Gasteiger partial charge in [-0.2, -0.15) is 0 Å². The number of pyridine rings is 1. The molecule has 0 atom stereocenters. The van der Waals surface area contributed by atoms with Crippen LogP contribution in [-0.4, -0.2) is 11.6 Å². The van der Waals surface area contributed by atoms with E-state index in [1.54, 1.807) is 12.3 Å². The van der Waals surface area contributed by atoms with Gasteiger partial charge in [0.25, 0.3) is 0 Å². The van der Waals surface area contributed by atoms with E-state index in [0.29, 0.717) is 29.0 Å². The van der Waals surface area contributed by atoms with Crippen molar-refractivity contribution in [2.45, 2.75) is 6.92 Å². The van der Waals surface area contributed by atoms with E-state index in [0.717, 1.165) is 4.47 Å². The van der Waals surface area contributed by atoms with Crippen molar-refractivity contribution in [3.63, 3.8) is 0 Å². The quantitative estimate of drug-likeness (QED) is 0.816. The maximum absolute atomic E-state index is 6.05. The molecule has 18 heavy (non-hydrogen) atoms. The molecule has 0 unspecified atom stereocenters. The van der Waals surface area contributed by atoms with Crippen LogP contribution in [0.1, 0.15) is 6.92 Å². The minimum absolute atomic E-state index is 0.354. The van der Waals surface area contributed by atoms with Crippen molar-refractivity contribution in [2.24, 2.45) is 0 Å². The maximum Gasteiger partial charge on any atom is 0.238 e. The molecule has 1 aromatic carbocycles. The molecule has 0 fully saturated rings. The molecule has 3 nitrogen and oxygen atoms in total. The first-order valence-corrected chi connectivity index (χ1v) is 6.58. The van der Waals surface area contributed by atoms with Gasteiger partial charge >= 0.3 is 0 Å². The first-order valence-electron chi connectivity index (χ1n) is 5.41. The van der Waals surface area contributed by atoms with Gasteiger partial charge in [0.2, 0.25) is 5.88 Å². The standard InChI is InChI=1S/C13H11BrClNO2/c1-2-17-11-5-3-4-6-12(11)18-13-10(15)7-9(14)8-16-13/h3-8H,2H2,1H3. The maximum atomic E-state index is 6.05. The van der Waals surface area contributed by atoms with Crippen LogP contribution in [0.3, 0.4) is 0 Å². The van der Waals surface area contributed by atoms with Crippen molar-refractivity contribution < 1.29 is 9.47 Å². The Morgan fingerprint density at radius 1 is 1.28 bits per heavy atom. The molecule has 5 heteroatoms. The summed E-state index contributed by atoms with van der Waals surface area (Å²) in [5.41, 5.74) is 0. The smallest absolute Gasteiger partial charge is 0.238 e. The number of hydrogen-bond donors (Lipinski definition) is 0. The second kappa shape index (κ2) is 6.07. The summed E-state index contributed by atoms with van der Waals surface area (Å²) in [4.78, 5) is 4.12. The van der Waals surface area contributed by atoms with Crippen molar-refractivity contribution in [3.8, 4) is 17.4 Å². The van der Waals surface area contributed by atoms with Gasteiger partial charge in [-0.25, -0.2) is 4.98 Å². The number of aromatic nitrogens is 1. The van der Waals surface area contributed by atoms with Crippen molar-refractivity contribution in [3.05, 3.63) is 46.0 Å². The zero-order valence-corrected chi connectivity index (χ0v) is 12.0. The predicted octanol–water partition coefficient (Wildman–Crippen LogP) is 4.69. The summed E-state index contributed by atoms with van der Waals surface area (Å²) in [7, 11) is 0. The summed E-state index contributed by atoms with van der Waals surface area (Å²) >= 11 is 9.34. The Morgan fingerprint density at radius 2 is 2.00 bits per heavy atom. The normalized spacial score (nSPS) is 10.2. The van der Waals surface area contributed by atoms with Gasteiger partial charge in [0.1, 0.15) is 5.02 Å². The van der Waals surface area contributed by atoms with Crippen molar-refractivity contribution in [1.29, 1.82) is 0 Å². The summed E-state index contributed by atoms with van der Waals surface area (Å²) in [5.74, 6) is 1.61. The Hall–Kier alpha value is -1.26. The summed E-state index contributed by atoms with van der Waals surface area (Å²) in [6, 6.07) is 9.13. The minimum atomic E-state index is 0.354. The fourth-order valence-electron chi connectivity index (χ4n) is 1.39. The number of hydrogen-bond acceptors (Lipinski definition) is 3. The second-order valence-corrected chi connectivity index (χ2v) is 4.75. The van der Waals surface area contributed by atoms with Crippen LogP contribution >= 0.6 is 27.5 Å². The first kappa shape index (κ1) is 13.2. The van der Waals surface area contributed by atoms with Gasteiger partial charge in [-0.3, -0.25) is 0 Å². The lowest BCUT2D eigenvalue weighted by molar-refractivity contribution is 0.319. The molecular formula is C13H11BrClNO2. The number of nitrogens with zero attached hydrogens (tertiary/aromatic N) is 1. The van der Waals surface area contributed by atoms with Crippen LogP contribution in [-0.2, 0) is 0 Å². The van der Waals surface area contributed by atoms with Gasteiger partial charge in [-0.05, 0) is 41.1 Å². The van der Waals surface area contributed by atoms with Crippen LogP contribution < -0.4 is 9.47 Å². The van der Waals surface area contributed by atoms with E-state index in [-0.39, 0.29) is 0 Å². The molecule has 94 valence electrons. The van der Waals surface area contributed by atoms with Gasteiger partial charge < -0.3 is 9.47 Å². The highest BCUT2D eigenvalue weighted by molar-refractivity contribution is 9.10. The van der Waals surface area contributed by atoms with E-state index >= 15 is 0 Å². The van der Waals surface area contributed by atoms with Gasteiger partial charge in [-0.1, -0.05) is 23.7 Å². The van der Waals surface area contributed by atoms with Crippen LogP contribution in [0.15, 0.2) is 41.0 Å². The van der Waals surface area contributed by atoms with E-state index in [4.69, 9.17) is 21.1 Å². The monoisotopic (exact) mass is 327 g/mol. The molecular weight excluding hydrogens is 318 g/mol. The largest absolute Gasteiger partial charge is 0.490 e. The van der Waals surface area contributed by atoms with Crippen LogP contribution in [0.2, 0.25) is 5.02 Å². The first-order chi connectivity index (χ1) is 8.70. The molecule has 0 N–H and O–H groups in total. The Kier molecular flexibility index (Phi) is 4.44. The zero-order valence-electron chi connectivity index (χ0n) is 9.69. The predicted molar refractivity (Wildman–Crippen MR) is 74.6 cm³/mol. The van der Waals surface area contributed by atoms with Gasteiger partial charge in [0.05, 0.1) is 6.61 Å². The third-order valence-electron chi connectivity index (χ3n) is 2.13. The molecule has 1 heterocycles. The molecule has 2 rings (SSSR count). The highest BCUT2D eigenvalue weighted by Gasteiger charge is 2.09. The third-order valence-corrected chi connectivity index (χ3v) is 2.83. The zero-order chi connectivity index (χ0) is 13.0. The van der Waals surface area contributed by atoms with Gasteiger partial charge in [-0.15, -0.1) is 0 Å². The molecule has 0 aliphatic carbocycles. The lowest BCUT2D eigenvalue weighted by atomic mass is 10.3. The summed E-state index contributed by atoms with van der Waals surface area (Å²) in [6.07, 6.45) is 1.63. The lowest BCUT2D eigenvalue weighted by Gasteiger charge is -2.11. The average molecular weight is 329 g/mol. The van der Waals surface area contributed by atoms with Crippen molar-refractivity contribution in [2.75, 3.05) is 6.61 Å². The molecule has 0 radical (unpaired) electrons. The Morgan fingerprint density at radius 3 is 2.67 bits per heavy atom. The fraction of sp³-hybridized carbons (Fsp3) is 0.154. The molecule has 0 aliphatic rings. The highest BCUT2D eigenvalue weighted by atomic mass is 79.9. The average Bonchev–Trinajstić information content (AvgIpc) is 2.35. The lowest BCUT2D eigenvalue weighted by Crippen LogP contribution is -1.95. The summed E-state index contributed by atoms with van der Waals surface area (Å²) in [5, 5.41) is 0.440. The number of ether oxygens (including phenoxy) is 2. The van der Waals surface area contributed by atoms with Crippen molar-refractivity contribution >= 4 is 27.5 Å². The fourth-order valence-corrected chi connectivity index (χ4v) is 2.06. The number of para-hydroxylation sites is 2. The molecule has 0 saturated heterocycles. The summed E-state index contributed by atoms with van der Waals surface area (Å²) in [6.45, 7) is 2.49. The highest BCUT2D eigenvalue weighted by Crippen LogP contribution is 2.34. The minimum Gasteiger partial charge on any atom is -0.490 e. The van der Waals surface area contributed by atoms with E-state index < -0.39 is 0 Å². The topological polar surface area (TPSA) is 31.4 Å². The number of benzene rings is 1.